The van der Waals surface area contributed by atoms with Crippen molar-refractivity contribution in [2.24, 2.45) is 0 Å². The maximum absolute atomic E-state index is 13.1. The fourth-order valence-corrected chi connectivity index (χ4v) is 8.40. The molecule has 4 fully saturated rings. The normalized spacial score (nSPS) is 35.2. The van der Waals surface area contributed by atoms with Gasteiger partial charge in [0.1, 0.15) is 87.5 Å². The zero-order chi connectivity index (χ0) is 56.9. The van der Waals surface area contributed by atoms with Crippen molar-refractivity contribution in [1.82, 2.24) is 0 Å². The van der Waals surface area contributed by atoms with E-state index in [-0.39, 0.29) is 0 Å². The summed E-state index contributed by atoms with van der Waals surface area (Å²) in [5.41, 5.74) is 0. The topological polar surface area (TPSA) is 398 Å². The highest BCUT2D eigenvalue weighted by Crippen LogP contribution is 2.38. The number of carbonyl (C=O) groups excluding carboxylic acids is 10. The molecule has 0 aromatic rings. The number of ether oxygens (including phenoxy) is 18. The van der Waals surface area contributed by atoms with Gasteiger partial charge in [-0.25, -0.2) is 0 Å². The lowest BCUT2D eigenvalue weighted by Gasteiger charge is -2.50. The van der Waals surface area contributed by atoms with Gasteiger partial charge in [0, 0.05) is 76.3 Å². The summed E-state index contributed by atoms with van der Waals surface area (Å²) in [5.74, 6) is -9.74. The number of hydrogen-bond acceptors (Lipinski definition) is 31. The van der Waals surface area contributed by atoms with Gasteiger partial charge in [-0.2, -0.15) is 0 Å². The van der Waals surface area contributed by atoms with Crippen LogP contribution in [0.1, 0.15) is 69.2 Å². The van der Waals surface area contributed by atoms with Gasteiger partial charge in [-0.05, 0) is 0 Å². The molecule has 0 aliphatic carbocycles. The molecule has 20 atom stereocenters. The van der Waals surface area contributed by atoms with Crippen molar-refractivity contribution in [2.45, 2.75) is 192 Å². The van der Waals surface area contributed by atoms with E-state index in [0.29, 0.717) is 0 Å². The molecule has 0 aromatic heterocycles. The van der Waals surface area contributed by atoms with Crippen molar-refractivity contribution < 1.29 is 149 Å². The monoisotopic (exact) mass is 1100 g/mol. The molecule has 12 unspecified atom stereocenters. The van der Waals surface area contributed by atoms with Crippen LogP contribution in [0.25, 0.3) is 0 Å². The molecule has 0 amide bonds. The van der Waals surface area contributed by atoms with Crippen LogP contribution in [0.15, 0.2) is 0 Å². The molecule has 0 bridgehead atoms. The Morgan fingerprint density at radius 1 is 0.316 bits per heavy atom. The van der Waals surface area contributed by atoms with Gasteiger partial charge in [0.2, 0.25) is 0 Å². The van der Waals surface area contributed by atoms with Gasteiger partial charge in [0.25, 0.3) is 0 Å². The quantitative estimate of drug-likeness (QED) is 0.0745. The molecular formula is C45H64O31. The minimum absolute atomic E-state index is 0.542. The first-order valence-electron chi connectivity index (χ1n) is 23.3. The molecule has 31 heteroatoms. The predicted octanol–water partition coefficient (Wildman–Crippen LogP) is -3.39. The molecule has 430 valence electrons. The van der Waals surface area contributed by atoms with Gasteiger partial charge < -0.3 is 101 Å². The zero-order valence-corrected chi connectivity index (χ0v) is 43.1. The first-order chi connectivity index (χ1) is 35.6. The molecule has 4 aliphatic heterocycles. The number of methoxy groups -OCH3 is 1. The Labute approximate surface area is 433 Å². The standard InChI is InChI=1S/C45H64O31/c1-16(46)60-12-26-32(59-11)30(56)36(64-20(5)50)43(71-26)74-33-27(13-61-17(2)47)72-44(37(31(33)57)65-21(6)51)75-35-29(15-63-19(4)49)73-45(41(69-25(10)55)39(35)67-23(8)53)76-34-28(14-62-18(3)48)70-42(58)40(68-24(9)54)38(34)66-22(7)52/h26-45,56-58H,12-15H2,1-11H3/t26-,27?,28?,29-,30?,31+,32?,33?,34?,35?,36?,37?,38+,39?,40?,41?,42+,43+,44-,45+/m0/s1. The number of hydrogen-bond donors (Lipinski definition) is 3. The second kappa shape index (κ2) is 28.6. The second-order valence-corrected chi connectivity index (χ2v) is 17.3. The van der Waals surface area contributed by atoms with Gasteiger partial charge in [0.05, 0.1) is 0 Å². The third-order valence-electron chi connectivity index (χ3n) is 11.2. The highest BCUT2D eigenvalue weighted by molar-refractivity contribution is 5.69. The molecule has 0 radical (unpaired) electrons. The van der Waals surface area contributed by atoms with Crippen LogP contribution in [0.2, 0.25) is 0 Å². The van der Waals surface area contributed by atoms with E-state index in [1.807, 2.05) is 0 Å². The fraction of sp³-hybridized carbons (Fsp3) is 0.778. The van der Waals surface area contributed by atoms with Crippen LogP contribution in [-0.4, -0.2) is 231 Å². The SMILES string of the molecule is COC1C(O)C(OC(C)=O)[C@@H](OC2C(COC(C)=O)O[C@@H](OC3C(OC(C)=O)C(OC(C)=O)[C@@H](OC4C(COC(C)=O)O[C@@H](O)C(OC(C)=O)[C@@H]4OC(C)=O)O[C@H]3COC(C)=O)C(OC(C)=O)[C@@H]2O)O[C@H]1COC(C)=O. The average molecular weight is 1100 g/mol. The van der Waals surface area contributed by atoms with E-state index >= 15 is 0 Å². The first-order valence-corrected chi connectivity index (χ1v) is 23.3. The molecule has 0 aromatic carbocycles. The Bertz CT molecular complexity index is 2060. The highest BCUT2D eigenvalue weighted by Gasteiger charge is 2.60. The molecule has 4 heterocycles. The van der Waals surface area contributed by atoms with E-state index in [4.69, 9.17) is 85.3 Å². The first kappa shape index (κ1) is 62.8. The van der Waals surface area contributed by atoms with Crippen LogP contribution in [0.4, 0.5) is 0 Å². The predicted molar refractivity (Wildman–Crippen MR) is 234 cm³/mol. The van der Waals surface area contributed by atoms with Crippen molar-refractivity contribution in [2.75, 3.05) is 33.5 Å². The van der Waals surface area contributed by atoms with Gasteiger partial charge in [-0.3, -0.25) is 47.9 Å². The number of aliphatic hydroxyl groups excluding tert-OH is 3. The summed E-state index contributed by atoms with van der Waals surface area (Å²) in [6, 6.07) is 0. The summed E-state index contributed by atoms with van der Waals surface area (Å²) in [6.07, 6.45) is -37.0. The number of esters is 10. The molecule has 3 N–H and O–H groups in total. The van der Waals surface area contributed by atoms with Crippen molar-refractivity contribution >= 4 is 59.7 Å². The van der Waals surface area contributed by atoms with Crippen LogP contribution < -0.4 is 0 Å². The van der Waals surface area contributed by atoms with E-state index in [1.54, 1.807) is 0 Å². The molecule has 4 saturated heterocycles. The molecule has 4 rings (SSSR count). The van der Waals surface area contributed by atoms with Crippen molar-refractivity contribution in [3.05, 3.63) is 0 Å². The van der Waals surface area contributed by atoms with E-state index < -0.39 is 209 Å². The third kappa shape index (κ3) is 17.7. The van der Waals surface area contributed by atoms with Crippen molar-refractivity contribution in [3.63, 3.8) is 0 Å². The Morgan fingerprint density at radius 3 is 0.934 bits per heavy atom. The maximum atomic E-state index is 13.1. The fourth-order valence-electron chi connectivity index (χ4n) is 8.40. The van der Waals surface area contributed by atoms with Gasteiger partial charge >= 0.3 is 59.7 Å². The van der Waals surface area contributed by atoms with Gasteiger partial charge in [-0.1, -0.05) is 0 Å². The highest BCUT2D eigenvalue weighted by atomic mass is 16.8. The minimum atomic E-state index is -2.17. The van der Waals surface area contributed by atoms with E-state index in [0.717, 1.165) is 69.2 Å². The van der Waals surface area contributed by atoms with Crippen LogP contribution >= 0.6 is 0 Å². The third-order valence-corrected chi connectivity index (χ3v) is 11.2. The second-order valence-electron chi connectivity index (χ2n) is 17.3. The molecule has 0 spiro atoms. The smallest absolute Gasteiger partial charge is 0.303 e. The largest absolute Gasteiger partial charge is 0.463 e. The number of carbonyl (C=O) groups is 10. The lowest BCUT2D eigenvalue weighted by molar-refractivity contribution is -0.388. The lowest BCUT2D eigenvalue weighted by Crippen LogP contribution is -2.69. The van der Waals surface area contributed by atoms with Crippen molar-refractivity contribution in [1.29, 1.82) is 0 Å². The van der Waals surface area contributed by atoms with Crippen LogP contribution in [-0.2, 0) is 133 Å². The molecular weight excluding hydrogens is 1040 g/mol. The Balaban J connectivity index is 1.86. The molecule has 0 saturated carbocycles. The van der Waals surface area contributed by atoms with E-state index in [2.05, 4.69) is 0 Å². The minimum Gasteiger partial charge on any atom is -0.463 e. The zero-order valence-electron chi connectivity index (χ0n) is 43.1. The average Bonchev–Trinajstić information content (AvgIpc) is 3.29. The number of aliphatic hydroxyl groups is 3. The maximum Gasteiger partial charge on any atom is 0.303 e. The van der Waals surface area contributed by atoms with Crippen molar-refractivity contribution in [3.8, 4) is 0 Å². The summed E-state index contributed by atoms with van der Waals surface area (Å²) < 4.78 is 102. The molecule has 76 heavy (non-hydrogen) atoms. The summed E-state index contributed by atoms with van der Waals surface area (Å²) in [5, 5.41) is 34.6. The van der Waals surface area contributed by atoms with Gasteiger partial charge in [-0.15, -0.1) is 0 Å². The van der Waals surface area contributed by atoms with Crippen LogP contribution in [0.3, 0.4) is 0 Å². The Morgan fingerprint density at radius 2 is 0.579 bits per heavy atom. The summed E-state index contributed by atoms with van der Waals surface area (Å²) in [7, 11) is 1.17. The Kier molecular flexibility index (Phi) is 23.6. The van der Waals surface area contributed by atoms with E-state index in [9.17, 15) is 63.3 Å². The van der Waals surface area contributed by atoms with Gasteiger partial charge in [0.15, 0.2) is 61.8 Å². The van der Waals surface area contributed by atoms with Crippen LogP contribution in [0.5, 0.6) is 0 Å². The summed E-state index contributed by atoms with van der Waals surface area (Å²) >= 11 is 0. The Hall–Kier alpha value is -5.74. The van der Waals surface area contributed by atoms with Crippen LogP contribution in [0, 0.1) is 0 Å². The molecule has 4 aliphatic rings. The van der Waals surface area contributed by atoms with E-state index in [1.165, 1.54) is 7.11 Å². The number of rotatable bonds is 21. The summed E-state index contributed by atoms with van der Waals surface area (Å²) in [4.78, 5) is 125. The lowest BCUT2D eigenvalue weighted by atomic mass is 9.95. The summed E-state index contributed by atoms with van der Waals surface area (Å²) in [6.45, 7) is 6.81. The molecule has 31 nitrogen and oxygen atoms in total.